The second kappa shape index (κ2) is 9.04. The number of hydrogen-bond acceptors (Lipinski definition) is 7. The summed E-state index contributed by atoms with van der Waals surface area (Å²) in [6.45, 7) is -0.0924. The van der Waals surface area contributed by atoms with Gasteiger partial charge >= 0.3 is 10.3 Å². The number of nitrogens with two attached hydrogens (primary N) is 1. The number of nitrogens with zero attached hydrogens (tertiary/aromatic N) is 1. The zero-order valence-corrected chi connectivity index (χ0v) is 13.9. The molecule has 1 aromatic carbocycles. The lowest BCUT2D eigenvalue weighted by Gasteiger charge is -2.11. The summed E-state index contributed by atoms with van der Waals surface area (Å²) in [4.78, 5) is 10.2. The molecule has 0 aliphatic heterocycles. The molecule has 0 atom stereocenters. The molecule has 0 unspecified atom stereocenters. The number of hydrogen-bond donors (Lipinski definition) is 3. The van der Waals surface area contributed by atoms with E-state index >= 15 is 0 Å². The predicted molar refractivity (Wildman–Crippen MR) is 86.1 cm³/mol. The molecule has 0 amide bonds. The fourth-order valence-electron chi connectivity index (χ4n) is 2.28. The molecule has 2 rings (SSSR count). The van der Waals surface area contributed by atoms with Crippen LogP contribution in [0.25, 0.3) is 0 Å². The zero-order valence-electron chi connectivity index (χ0n) is 13.1. The molecule has 0 bridgehead atoms. The van der Waals surface area contributed by atoms with Gasteiger partial charge < -0.3 is 10.2 Å². The van der Waals surface area contributed by atoms with Gasteiger partial charge in [-0.15, -0.1) is 0 Å². The van der Waals surface area contributed by atoms with Crippen molar-refractivity contribution in [3.63, 3.8) is 0 Å². The number of aliphatic hydroxyl groups is 2. The summed E-state index contributed by atoms with van der Waals surface area (Å²) in [5.41, 5.74) is 0.554. The number of nitro groups is 1. The SMILES string of the molecule is NS(=O)(=O)OCCCc1ccccc1[N+](=O)[O-].OC1(O)CCCC1. The first-order valence-corrected chi connectivity index (χ1v) is 8.92. The number of nitro benzene ring substituents is 1. The molecule has 1 aliphatic rings. The molecular formula is C14H22N2O7S. The Morgan fingerprint density at radius 1 is 1.25 bits per heavy atom. The summed E-state index contributed by atoms with van der Waals surface area (Å²) in [6.07, 6.45) is 3.74. The number of benzene rings is 1. The molecule has 1 fully saturated rings. The Balaban J connectivity index is 0.000000341. The summed E-state index contributed by atoms with van der Waals surface area (Å²) in [6, 6.07) is 6.27. The quantitative estimate of drug-likeness (QED) is 0.295. The minimum Gasteiger partial charge on any atom is -0.366 e. The summed E-state index contributed by atoms with van der Waals surface area (Å²) >= 11 is 0. The molecule has 0 saturated heterocycles. The second-order valence-electron chi connectivity index (χ2n) is 5.49. The van der Waals surface area contributed by atoms with E-state index in [0.29, 0.717) is 31.2 Å². The fourth-order valence-corrected chi connectivity index (χ4v) is 2.63. The lowest BCUT2D eigenvalue weighted by molar-refractivity contribution is -0.385. The average molecular weight is 362 g/mol. The highest BCUT2D eigenvalue weighted by Crippen LogP contribution is 2.25. The lowest BCUT2D eigenvalue weighted by atomic mass is 10.1. The molecule has 10 heteroatoms. The van der Waals surface area contributed by atoms with Crippen LogP contribution in [0, 0.1) is 10.1 Å². The van der Waals surface area contributed by atoms with Crippen LogP contribution in [-0.4, -0.2) is 35.9 Å². The van der Waals surface area contributed by atoms with Crippen molar-refractivity contribution in [1.29, 1.82) is 0 Å². The molecule has 0 heterocycles. The van der Waals surface area contributed by atoms with Gasteiger partial charge in [0, 0.05) is 24.5 Å². The van der Waals surface area contributed by atoms with E-state index in [4.69, 9.17) is 10.2 Å². The minimum atomic E-state index is -3.94. The third kappa shape index (κ3) is 8.31. The van der Waals surface area contributed by atoms with Gasteiger partial charge in [0.25, 0.3) is 5.69 Å². The van der Waals surface area contributed by atoms with Gasteiger partial charge in [-0.25, -0.2) is 5.14 Å². The highest BCUT2D eigenvalue weighted by molar-refractivity contribution is 7.84. The van der Waals surface area contributed by atoms with Crippen molar-refractivity contribution in [3.05, 3.63) is 39.9 Å². The van der Waals surface area contributed by atoms with E-state index in [1.54, 1.807) is 18.2 Å². The van der Waals surface area contributed by atoms with Crippen LogP contribution in [-0.2, 0) is 20.9 Å². The highest BCUT2D eigenvalue weighted by atomic mass is 32.2. The number of rotatable bonds is 6. The van der Waals surface area contributed by atoms with E-state index in [2.05, 4.69) is 9.32 Å². The maximum atomic E-state index is 10.7. The van der Waals surface area contributed by atoms with Gasteiger partial charge in [-0.3, -0.25) is 14.3 Å². The average Bonchev–Trinajstić information content (AvgIpc) is 2.88. The molecule has 136 valence electrons. The van der Waals surface area contributed by atoms with E-state index in [0.717, 1.165) is 12.8 Å². The molecule has 0 radical (unpaired) electrons. The van der Waals surface area contributed by atoms with Crippen LogP contribution in [0.15, 0.2) is 24.3 Å². The third-order valence-electron chi connectivity index (χ3n) is 3.43. The normalized spacial score (nSPS) is 16.3. The van der Waals surface area contributed by atoms with E-state index in [1.165, 1.54) is 6.07 Å². The van der Waals surface area contributed by atoms with Crippen LogP contribution < -0.4 is 5.14 Å². The molecule has 1 aromatic rings. The van der Waals surface area contributed by atoms with E-state index in [1.807, 2.05) is 0 Å². The smallest absolute Gasteiger partial charge is 0.333 e. The molecule has 24 heavy (non-hydrogen) atoms. The Kier molecular flexibility index (Phi) is 7.70. The topological polar surface area (TPSA) is 153 Å². The summed E-state index contributed by atoms with van der Waals surface area (Å²) in [5, 5.41) is 32.8. The first-order valence-electron chi connectivity index (χ1n) is 7.45. The Morgan fingerprint density at radius 2 is 1.83 bits per heavy atom. The number of para-hydroxylation sites is 1. The van der Waals surface area contributed by atoms with Gasteiger partial charge in [0.15, 0.2) is 5.79 Å². The van der Waals surface area contributed by atoms with Gasteiger partial charge in [-0.1, -0.05) is 18.2 Å². The van der Waals surface area contributed by atoms with E-state index in [9.17, 15) is 18.5 Å². The van der Waals surface area contributed by atoms with Crippen LogP contribution >= 0.6 is 0 Å². The Hall–Kier alpha value is -1.59. The van der Waals surface area contributed by atoms with Crippen molar-refractivity contribution < 1.29 is 27.7 Å². The largest absolute Gasteiger partial charge is 0.366 e. The van der Waals surface area contributed by atoms with Crippen molar-refractivity contribution >= 4 is 16.0 Å². The molecule has 0 spiro atoms. The molecule has 1 saturated carbocycles. The Morgan fingerprint density at radius 3 is 2.29 bits per heavy atom. The van der Waals surface area contributed by atoms with Crippen LogP contribution in [0.1, 0.15) is 37.7 Å². The Labute approximate surface area is 140 Å². The molecule has 9 nitrogen and oxygen atoms in total. The van der Waals surface area contributed by atoms with Gasteiger partial charge in [-0.2, -0.15) is 8.42 Å². The highest BCUT2D eigenvalue weighted by Gasteiger charge is 2.26. The zero-order chi connectivity index (χ0) is 18.2. The number of aryl methyl sites for hydroxylation is 1. The van der Waals surface area contributed by atoms with Crippen LogP contribution in [0.4, 0.5) is 5.69 Å². The molecule has 0 aromatic heterocycles. The van der Waals surface area contributed by atoms with Crippen molar-refractivity contribution in [1.82, 2.24) is 0 Å². The monoisotopic (exact) mass is 362 g/mol. The first-order chi connectivity index (χ1) is 11.1. The summed E-state index contributed by atoms with van der Waals surface area (Å²) in [5.74, 6) is -1.31. The van der Waals surface area contributed by atoms with Crippen molar-refractivity contribution in [2.75, 3.05) is 6.61 Å². The van der Waals surface area contributed by atoms with Crippen LogP contribution in [0.2, 0.25) is 0 Å². The summed E-state index contributed by atoms with van der Waals surface area (Å²) in [7, 11) is -3.94. The molecular weight excluding hydrogens is 340 g/mol. The van der Waals surface area contributed by atoms with Crippen molar-refractivity contribution in [3.8, 4) is 0 Å². The maximum absolute atomic E-state index is 10.7. The third-order valence-corrected chi connectivity index (χ3v) is 3.93. The van der Waals surface area contributed by atoms with Gasteiger partial charge in [0.1, 0.15) is 0 Å². The van der Waals surface area contributed by atoms with E-state index in [-0.39, 0.29) is 12.3 Å². The lowest BCUT2D eigenvalue weighted by Crippen LogP contribution is -2.21. The van der Waals surface area contributed by atoms with Gasteiger partial charge in [0.2, 0.25) is 0 Å². The predicted octanol–water partition coefficient (Wildman–Crippen LogP) is 0.989. The van der Waals surface area contributed by atoms with Crippen LogP contribution in [0.3, 0.4) is 0 Å². The van der Waals surface area contributed by atoms with E-state index < -0.39 is 21.0 Å². The molecule has 4 N–H and O–H groups in total. The summed E-state index contributed by atoms with van der Waals surface area (Å²) < 4.78 is 25.3. The standard InChI is InChI=1S/C9H12N2O5S.C5H10O2/c10-17(14,15)16-7-3-5-8-4-1-2-6-9(8)11(12)13;6-5(7)3-1-2-4-5/h1-2,4,6H,3,5,7H2,(H2,10,14,15);6-7H,1-4H2. The second-order valence-corrected chi connectivity index (χ2v) is 6.72. The van der Waals surface area contributed by atoms with Crippen molar-refractivity contribution in [2.45, 2.75) is 44.3 Å². The van der Waals surface area contributed by atoms with Gasteiger partial charge in [-0.05, 0) is 25.7 Å². The molecule has 1 aliphatic carbocycles. The van der Waals surface area contributed by atoms with Gasteiger partial charge in [0.05, 0.1) is 11.5 Å². The first kappa shape index (κ1) is 20.5. The fraction of sp³-hybridized carbons (Fsp3) is 0.571. The van der Waals surface area contributed by atoms with Crippen LogP contribution in [0.5, 0.6) is 0 Å². The Bertz CT molecular complexity index is 638. The maximum Gasteiger partial charge on any atom is 0.333 e. The minimum absolute atomic E-state index is 0.0168. The van der Waals surface area contributed by atoms with Crippen molar-refractivity contribution in [2.24, 2.45) is 5.14 Å².